The van der Waals surface area contributed by atoms with Gasteiger partial charge in [0.1, 0.15) is 5.82 Å². The zero-order valence-electron chi connectivity index (χ0n) is 9.81. The first-order chi connectivity index (χ1) is 8.58. The molecule has 1 aromatic carbocycles. The highest BCUT2D eigenvalue weighted by atomic mass is 79.9. The summed E-state index contributed by atoms with van der Waals surface area (Å²) in [5.41, 5.74) is 7.07. The molecule has 0 amide bonds. The molecule has 0 saturated heterocycles. The predicted octanol–water partition coefficient (Wildman–Crippen LogP) is 3.11. The molecule has 6 heteroatoms. The lowest BCUT2D eigenvalue weighted by atomic mass is 10.2. The Morgan fingerprint density at radius 2 is 2.33 bits per heavy atom. The van der Waals surface area contributed by atoms with E-state index in [1.165, 1.54) is 23.9 Å². The van der Waals surface area contributed by atoms with Gasteiger partial charge in [0.25, 0.3) is 0 Å². The van der Waals surface area contributed by atoms with Crippen LogP contribution in [0.4, 0.5) is 4.39 Å². The summed E-state index contributed by atoms with van der Waals surface area (Å²) in [5.74, 6) is 0.442. The topological polar surface area (TPSA) is 43.8 Å². The lowest BCUT2D eigenvalue weighted by Crippen LogP contribution is -2.17. The SMILES string of the molecule is Cn1ncc(Br)c1C(N)CSc1cccc(F)c1. The molecular formula is C12H13BrFN3S. The lowest BCUT2D eigenvalue weighted by Gasteiger charge is -2.12. The third-order valence-corrected chi connectivity index (χ3v) is 4.24. The van der Waals surface area contributed by atoms with Crippen molar-refractivity contribution in [2.75, 3.05) is 5.75 Å². The first-order valence-electron chi connectivity index (χ1n) is 5.39. The second kappa shape index (κ2) is 5.86. The van der Waals surface area contributed by atoms with Crippen LogP contribution >= 0.6 is 27.7 Å². The van der Waals surface area contributed by atoms with Crippen molar-refractivity contribution in [3.63, 3.8) is 0 Å². The molecule has 0 radical (unpaired) electrons. The van der Waals surface area contributed by atoms with Gasteiger partial charge in [-0.05, 0) is 34.1 Å². The van der Waals surface area contributed by atoms with Crippen LogP contribution < -0.4 is 5.73 Å². The summed E-state index contributed by atoms with van der Waals surface area (Å²) in [4.78, 5) is 0.878. The van der Waals surface area contributed by atoms with Gasteiger partial charge in [-0.25, -0.2) is 4.39 Å². The maximum absolute atomic E-state index is 13.0. The van der Waals surface area contributed by atoms with E-state index in [0.29, 0.717) is 5.75 Å². The van der Waals surface area contributed by atoms with Crippen LogP contribution in [0.25, 0.3) is 0 Å². The fourth-order valence-corrected chi connectivity index (χ4v) is 3.20. The summed E-state index contributed by atoms with van der Waals surface area (Å²) in [7, 11) is 1.85. The number of halogens is 2. The van der Waals surface area contributed by atoms with E-state index >= 15 is 0 Å². The normalized spacial score (nSPS) is 12.7. The van der Waals surface area contributed by atoms with Crippen molar-refractivity contribution in [2.24, 2.45) is 12.8 Å². The quantitative estimate of drug-likeness (QED) is 0.876. The molecule has 0 saturated carbocycles. The summed E-state index contributed by atoms with van der Waals surface area (Å²) >= 11 is 4.95. The largest absolute Gasteiger partial charge is 0.322 e. The van der Waals surface area contributed by atoms with Crippen LogP contribution in [0.3, 0.4) is 0 Å². The molecule has 1 heterocycles. The molecule has 1 atom stereocenters. The van der Waals surface area contributed by atoms with E-state index in [9.17, 15) is 4.39 Å². The van der Waals surface area contributed by atoms with Crippen molar-refractivity contribution >= 4 is 27.7 Å². The van der Waals surface area contributed by atoms with Crippen molar-refractivity contribution in [3.05, 3.63) is 46.4 Å². The second-order valence-electron chi connectivity index (χ2n) is 3.88. The fourth-order valence-electron chi connectivity index (χ4n) is 1.66. The first-order valence-corrected chi connectivity index (χ1v) is 7.17. The van der Waals surface area contributed by atoms with Crippen LogP contribution in [-0.2, 0) is 7.05 Å². The highest BCUT2D eigenvalue weighted by molar-refractivity contribution is 9.10. The van der Waals surface area contributed by atoms with Crippen molar-refractivity contribution in [2.45, 2.75) is 10.9 Å². The molecule has 0 fully saturated rings. The maximum atomic E-state index is 13.0. The molecule has 96 valence electrons. The van der Waals surface area contributed by atoms with Gasteiger partial charge >= 0.3 is 0 Å². The minimum atomic E-state index is -0.227. The number of benzene rings is 1. The molecule has 1 unspecified atom stereocenters. The summed E-state index contributed by atoms with van der Waals surface area (Å²) in [6.07, 6.45) is 1.72. The van der Waals surface area contributed by atoms with Crippen molar-refractivity contribution in [1.29, 1.82) is 0 Å². The van der Waals surface area contributed by atoms with E-state index in [1.807, 2.05) is 13.1 Å². The molecule has 2 N–H and O–H groups in total. The van der Waals surface area contributed by atoms with Crippen LogP contribution in [0.2, 0.25) is 0 Å². The van der Waals surface area contributed by atoms with Gasteiger partial charge in [0, 0.05) is 17.7 Å². The van der Waals surface area contributed by atoms with Crippen LogP contribution in [-0.4, -0.2) is 15.5 Å². The van der Waals surface area contributed by atoms with Gasteiger partial charge in [-0.15, -0.1) is 11.8 Å². The Labute approximate surface area is 118 Å². The maximum Gasteiger partial charge on any atom is 0.124 e. The van der Waals surface area contributed by atoms with Gasteiger partial charge in [0.15, 0.2) is 0 Å². The third-order valence-electron chi connectivity index (χ3n) is 2.51. The minimum absolute atomic E-state index is 0.153. The molecule has 3 nitrogen and oxygen atoms in total. The second-order valence-corrected chi connectivity index (χ2v) is 5.82. The standard InChI is InChI=1S/C12H13BrFN3S/c1-17-12(10(13)6-16-17)11(15)7-18-9-4-2-3-8(14)5-9/h2-6,11H,7,15H2,1H3. The van der Waals surface area contributed by atoms with Crippen molar-refractivity contribution in [3.8, 4) is 0 Å². The van der Waals surface area contributed by atoms with E-state index in [-0.39, 0.29) is 11.9 Å². The Bertz CT molecular complexity index is 524. The van der Waals surface area contributed by atoms with E-state index in [0.717, 1.165) is 15.1 Å². The predicted molar refractivity (Wildman–Crippen MR) is 75.0 cm³/mol. The van der Waals surface area contributed by atoms with Gasteiger partial charge in [0.05, 0.1) is 22.4 Å². The van der Waals surface area contributed by atoms with Gasteiger partial charge in [-0.2, -0.15) is 5.10 Å². The average Bonchev–Trinajstić information content (AvgIpc) is 2.66. The van der Waals surface area contributed by atoms with Crippen molar-refractivity contribution < 1.29 is 4.39 Å². The van der Waals surface area contributed by atoms with Gasteiger partial charge in [-0.3, -0.25) is 4.68 Å². The summed E-state index contributed by atoms with van der Waals surface area (Å²) in [5, 5.41) is 4.13. The Morgan fingerprint density at radius 1 is 1.56 bits per heavy atom. The molecule has 0 bridgehead atoms. The smallest absolute Gasteiger partial charge is 0.124 e. The number of hydrogen-bond acceptors (Lipinski definition) is 3. The van der Waals surface area contributed by atoms with E-state index in [4.69, 9.17) is 5.73 Å². The van der Waals surface area contributed by atoms with Gasteiger partial charge in [-0.1, -0.05) is 6.07 Å². The molecule has 0 aliphatic rings. The molecule has 0 spiro atoms. The average molecular weight is 330 g/mol. The molecule has 2 rings (SSSR count). The highest BCUT2D eigenvalue weighted by Crippen LogP contribution is 2.27. The first kappa shape index (κ1) is 13.6. The Morgan fingerprint density at radius 3 is 2.94 bits per heavy atom. The van der Waals surface area contributed by atoms with Gasteiger partial charge in [0.2, 0.25) is 0 Å². The number of aryl methyl sites for hydroxylation is 1. The van der Waals surface area contributed by atoms with E-state index < -0.39 is 0 Å². The van der Waals surface area contributed by atoms with Crippen LogP contribution in [0.5, 0.6) is 0 Å². The number of aromatic nitrogens is 2. The van der Waals surface area contributed by atoms with Crippen LogP contribution in [0.1, 0.15) is 11.7 Å². The Hall–Kier alpha value is -0.850. The number of rotatable bonds is 4. The Kier molecular flexibility index (Phi) is 4.42. The number of hydrogen-bond donors (Lipinski definition) is 1. The third kappa shape index (κ3) is 3.13. The minimum Gasteiger partial charge on any atom is -0.322 e. The molecule has 18 heavy (non-hydrogen) atoms. The zero-order chi connectivity index (χ0) is 13.1. The van der Waals surface area contributed by atoms with Gasteiger partial charge < -0.3 is 5.73 Å². The molecule has 0 aliphatic carbocycles. The fraction of sp³-hybridized carbons (Fsp3) is 0.250. The molecular weight excluding hydrogens is 317 g/mol. The van der Waals surface area contributed by atoms with Crippen LogP contribution in [0.15, 0.2) is 39.8 Å². The van der Waals surface area contributed by atoms with Crippen molar-refractivity contribution in [1.82, 2.24) is 9.78 Å². The number of thioether (sulfide) groups is 1. The summed E-state index contributed by atoms with van der Waals surface area (Å²) < 4.78 is 15.7. The van der Waals surface area contributed by atoms with E-state index in [1.54, 1.807) is 16.9 Å². The molecule has 1 aromatic heterocycles. The van der Waals surface area contributed by atoms with E-state index in [2.05, 4.69) is 21.0 Å². The summed E-state index contributed by atoms with van der Waals surface area (Å²) in [6.45, 7) is 0. The highest BCUT2D eigenvalue weighted by Gasteiger charge is 2.15. The zero-order valence-corrected chi connectivity index (χ0v) is 12.2. The number of nitrogens with zero attached hydrogens (tertiary/aromatic N) is 2. The lowest BCUT2D eigenvalue weighted by molar-refractivity contribution is 0.624. The molecule has 2 aromatic rings. The Balaban J connectivity index is 2.03. The number of nitrogens with two attached hydrogens (primary N) is 1. The monoisotopic (exact) mass is 329 g/mol. The van der Waals surface area contributed by atoms with Crippen LogP contribution in [0, 0.1) is 5.82 Å². The molecule has 0 aliphatic heterocycles. The summed E-state index contributed by atoms with van der Waals surface area (Å²) in [6, 6.07) is 6.36.